The first kappa shape index (κ1) is 10.5. The Morgan fingerprint density at radius 2 is 2.40 bits per heavy atom. The van der Waals surface area contributed by atoms with Crippen LogP contribution >= 0.6 is 0 Å². The van der Waals surface area contributed by atoms with Crippen LogP contribution in [0.15, 0.2) is 11.8 Å². The number of carbonyl (C=O) groups excluding carboxylic acids is 1. The van der Waals surface area contributed by atoms with E-state index in [9.17, 15) is 4.79 Å². The fraction of sp³-hybridized carbons (Fsp3) is 0.727. The van der Waals surface area contributed by atoms with Gasteiger partial charge >= 0.3 is 5.97 Å². The first-order chi connectivity index (χ1) is 7.20. The van der Waals surface area contributed by atoms with Crippen molar-refractivity contribution < 1.29 is 14.3 Å². The summed E-state index contributed by atoms with van der Waals surface area (Å²) >= 11 is 0. The molecule has 2 rings (SSSR count). The quantitative estimate of drug-likeness (QED) is 0.706. The molecule has 15 heavy (non-hydrogen) atoms. The predicted molar refractivity (Wildman–Crippen MR) is 54.9 cm³/mol. The zero-order chi connectivity index (χ0) is 10.9. The average molecular weight is 211 g/mol. The molecule has 0 spiro atoms. The summed E-state index contributed by atoms with van der Waals surface area (Å²) < 4.78 is 10.00. The van der Waals surface area contributed by atoms with Gasteiger partial charge in [-0.25, -0.2) is 0 Å². The molecule has 2 aliphatic rings. The van der Waals surface area contributed by atoms with Crippen LogP contribution in [0.2, 0.25) is 0 Å². The third-order valence-electron chi connectivity index (χ3n) is 3.41. The Kier molecular flexibility index (Phi) is 2.69. The van der Waals surface area contributed by atoms with Crippen LogP contribution in [-0.4, -0.2) is 25.7 Å². The first-order valence-electron chi connectivity index (χ1n) is 5.35. The van der Waals surface area contributed by atoms with E-state index in [1.807, 2.05) is 0 Å². The standard InChI is InChI=1S/C11H17NO3/c1-14-10(13)9(12)11(4-5-11)8-3-2-6-15-7-8/h7,9H,2-6,12H2,1H3. The highest BCUT2D eigenvalue weighted by atomic mass is 16.5. The molecular weight excluding hydrogens is 194 g/mol. The van der Waals surface area contributed by atoms with Crippen molar-refractivity contribution in [2.45, 2.75) is 31.7 Å². The van der Waals surface area contributed by atoms with E-state index >= 15 is 0 Å². The lowest BCUT2D eigenvalue weighted by Gasteiger charge is -2.26. The van der Waals surface area contributed by atoms with Gasteiger partial charge in [-0.3, -0.25) is 4.79 Å². The van der Waals surface area contributed by atoms with Gasteiger partial charge in [0.25, 0.3) is 0 Å². The number of hydrogen-bond acceptors (Lipinski definition) is 4. The van der Waals surface area contributed by atoms with Crippen LogP contribution in [0.4, 0.5) is 0 Å². The van der Waals surface area contributed by atoms with Gasteiger partial charge in [0.1, 0.15) is 6.04 Å². The Hall–Kier alpha value is -1.03. The maximum Gasteiger partial charge on any atom is 0.323 e. The molecule has 1 aliphatic carbocycles. The van der Waals surface area contributed by atoms with Gasteiger partial charge in [-0.05, 0) is 31.3 Å². The van der Waals surface area contributed by atoms with Crippen molar-refractivity contribution in [1.82, 2.24) is 0 Å². The van der Waals surface area contributed by atoms with Crippen molar-refractivity contribution in [3.05, 3.63) is 11.8 Å². The van der Waals surface area contributed by atoms with Crippen LogP contribution in [0.5, 0.6) is 0 Å². The van der Waals surface area contributed by atoms with E-state index in [2.05, 4.69) is 0 Å². The molecule has 1 saturated carbocycles. The van der Waals surface area contributed by atoms with E-state index in [1.165, 1.54) is 12.7 Å². The summed E-state index contributed by atoms with van der Waals surface area (Å²) in [5.74, 6) is -0.320. The maximum atomic E-state index is 11.4. The van der Waals surface area contributed by atoms with Crippen LogP contribution in [0, 0.1) is 5.41 Å². The molecule has 0 amide bonds. The summed E-state index contributed by atoms with van der Waals surface area (Å²) in [6.45, 7) is 0.771. The van der Waals surface area contributed by atoms with Crippen LogP contribution < -0.4 is 5.73 Å². The van der Waals surface area contributed by atoms with E-state index < -0.39 is 6.04 Å². The van der Waals surface area contributed by atoms with Crippen molar-refractivity contribution in [1.29, 1.82) is 0 Å². The minimum atomic E-state index is -0.532. The molecule has 1 aliphatic heterocycles. The Morgan fingerprint density at radius 1 is 1.67 bits per heavy atom. The van der Waals surface area contributed by atoms with Gasteiger partial charge in [-0.1, -0.05) is 0 Å². The topological polar surface area (TPSA) is 61.5 Å². The molecule has 1 unspecified atom stereocenters. The third-order valence-corrected chi connectivity index (χ3v) is 3.41. The van der Waals surface area contributed by atoms with Crippen LogP contribution in [0.3, 0.4) is 0 Å². The molecule has 1 atom stereocenters. The number of rotatable bonds is 3. The number of ether oxygens (including phenoxy) is 2. The SMILES string of the molecule is COC(=O)C(N)C1(C2=COCCC2)CC1. The normalized spacial score (nSPS) is 24.8. The Balaban J connectivity index is 2.12. The fourth-order valence-electron chi connectivity index (χ4n) is 2.25. The minimum absolute atomic E-state index is 0.159. The molecule has 1 fully saturated rings. The molecule has 0 aromatic rings. The van der Waals surface area contributed by atoms with Crippen molar-refractivity contribution >= 4 is 5.97 Å². The maximum absolute atomic E-state index is 11.4. The molecule has 0 saturated heterocycles. The summed E-state index contributed by atoms with van der Waals surface area (Å²) in [6.07, 6.45) is 5.74. The van der Waals surface area contributed by atoms with Gasteiger partial charge in [0, 0.05) is 5.41 Å². The number of methoxy groups -OCH3 is 1. The molecular formula is C11H17NO3. The van der Waals surface area contributed by atoms with Crippen molar-refractivity contribution in [3.63, 3.8) is 0 Å². The van der Waals surface area contributed by atoms with Gasteiger partial charge in [0.15, 0.2) is 0 Å². The number of nitrogens with two attached hydrogens (primary N) is 1. The van der Waals surface area contributed by atoms with E-state index in [4.69, 9.17) is 15.2 Å². The Bertz CT molecular complexity index is 294. The Morgan fingerprint density at radius 3 is 2.87 bits per heavy atom. The fourth-order valence-corrected chi connectivity index (χ4v) is 2.25. The Labute approximate surface area is 89.4 Å². The zero-order valence-electron chi connectivity index (χ0n) is 8.99. The molecule has 84 valence electrons. The van der Waals surface area contributed by atoms with E-state index in [-0.39, 0.29) is 11.4 Å². The second-order valence-corrected chi connectivity index (χ2v) is 4.27. The zero-order valence-corrected chi connectivity index (χ0v) is 8.99. The largest absolute Gasteiger partial charge is 0.501 e. The van der Waals surface area contributed by atoms with Gasteiger partial charge in [0.2, 0.25) is 0 Å². The summed E-state index contributed by atoms with van der Waals surface area (Å²) in [4.78, 5) is 11.4. The van der Waals surface area contributed by atoms with Crippen molar-refractivity contribution in [3.8, 4) is 0 Å². The van der Waals surface area contributed by atoms with Crippen LogP contribution in [-0.2, 0) is 14.3 Å². The highest BCUT2D eigenvalue weighted by Crippen LogP contribution is 2.56. The monoisotopic (exact) mass is 211 g/mol. The smallest absolute Gasteiger partial charge is 0.323 e. The number of esters is 1. The molecule has 0 bridgehead atoms. The summed E-state index contributed by atoms with van der Waals surface area (Å²) in [5.41, 5.74) is 6.96. The minimum Gasteiger partial charge on any atom is -0.501 e. The molecule has 4 nitrogen and oxygen atoms in total. The third kappa shape index (κ3) is 1.74. The number of hydrogen-bond donors (Lipinski definition) is 1. The van der Waals surface area contributed by atoms with Crippen LogP contribution in [0.1, 0.15) is 25.7 Å². The summed E-state index contributed by atoms with van der Waals surface area (Å²) in [5, 5.41) is 0. The van der Waals surface area contributed by atoms with E-state index in [0.717, 1.165) is 32.3 Å². The van der Waals surface area contributed by atoms with Crippen LogP contribution in [0.25, 0.3) is 0 Å². The van der Waals surface area contributed by atoms with Gasteiger partial charge in [-0.2, -0.15) is 0 Å². The predicted octanol–water partition coefficient (Wildman–Crippen LogP) is 0.961. The average Bonchev–Trinajstić information content (AvgIpc) is 3.09. The number of carbonyl (C=O) groups is 1. The molecule has 2 N–H and O–H groups in total. The lowest BCUT2D eigenvalue weighted by Crippen LogP contribution is -2.41. The van der Waals surface area contributed by atoms with Crippen molar-refractivity contribution in [2.75, 3.05) is 13.7 Å². The van der Waals surface area contributed by atoms with Gasteiger partial charge in [0.05, 0.1) is 20.0 Å². The summed E-state index contributed by atoms with van der Waals surface area (Å²) in [6, 6.07) is -0.532. The molecule has 0 aromatic heterocycles. The highest BCUT2D eigenvalue weighted by Gasteiger charge is 2.54. The second kappa shape index (κ2) is 3.85. The molecule has 4 heteroatoms. The second-order valence-electron chi connectivity index (χ2n) is 4.27. The van der Waals surface area contributed by atoms with E-state index in [0.29, 0.717) is 0 Å². The van der Waals surface area contributed by atoms with Crippen molar-refractivity contribution in [2.24, 2.45) is 11.1 Å². The molecule has 0 aromatic carbocycles. The lowest BCUT2D eigenvalue weighted by atomic mass is 9.85. The lowest BCUT2D eigenvalue weighted by molar-refractivity contribution is -0.143. The molecule has 0 radical (unpaired) electrons. The molecule has 1 heterocycles. The summed E-state index contributed by atoms with van der Waals surface area (Å²) in [7, 11) is 1.38. The first-order valence-corrected chi connectivity index (χ1v) is 5.35. The van der Waals surface area contributed by atoms with Gasteiger partial charge in [-0.15, -0.1) is 0 Å². The van der Waals surface area contributed by atoms with Gasteiger partial charge < -0.3 is 15.2 Å². The van der Waals surface area contributed by atoms with E-state index in [1.54, 1.807) is 6.26 Å². The highest BCUT2D eigenvalue weighted by molar-refractivity contribution is 5.78.